The minimum absolute atomic E-state index is 0.0515. The lowest BCUT2D eigenvalue weighted by atomic mass is 10.1. The zero-order chi connectivity index (χ0) is 21.3. The first kappa shape index (κ1) is 21.0. The highest BCUT2D eigenvalue weighted by Crippen LogP contribution is 2.27. The maximum absolute atomic E-state index is 13.2. The number of halogens is 2. The van der Waals surface area contributed by atoms with E-state index >= 15 is 0 Å². The summed E-state index contributed by atoms with van der Waals surface area (Å²) in [6.07, 6.45) is 0.402. The maximum Gasteiger partial charge on any atom is 0.254 e. The molecule has 1 aromatic heterocycles. The lowest BCUT2D eigenvalue weighted by Crippen LogP contribution is -2.40. The SMILES string of the molecule is O=C(c1cccc(Cl)c1)N(Cc1ccc(-c2ccc(Cl)cc2)o1)[C@@H]1CCS(=O)(=O)C1. The van der Waals surface area contributed by atoms with Gasteiger partial charge in [0, 0.05) is 27.2 Å². The van der Waals surface area contributed by atoms with Crippen molar-refractivity contribution in [3.63, 3.8) is 0 Å². The molecule has 8 heteroatoms. The summed E-state index contributed by atoms with van der Waals surface area (Å²) in [6, 6.07) is 17.1. The summed E-state index contributed by atoms with van der Waals surface area (Å²) in [6.45, 7) is 0.166. The van der Waals surface area contributed by atoms with Crippen molar-refractivity contribution in [2.45, 2.75) is 19.0 Å². The van der Waals surface area contributed by atoms with Crippen LogP contribution in [0, 0.1) is 0 Å². The number of carbonyl (C=O) groups is 1. The standard InChI is InChI=1S/C22H19Cl2NO4S/c23-17-6-4-15(5-7-17)21-9-8-20(29-21)13-25(19-10-11-30(27,28)14-19)22(26)16-2-1-3-18(24)12-16/h1-9,12,19H,10-11,13-14H2/t19-/m1/s1. The average Bonchev–Trinajstić information content (AvgIpc) is 3.32. The van der Waals surface area contributed by atoms with Gasteiger partial charge in [-0.1, -0.05) is 29.3 Å². The molecule has 0 radical (unpaired) electrons. The van der Waals surface area contributed by atoms with Crippen molar-refractivity contribution in [2.24, 2.45) is 0 Å². The van der Waals surface area contributed by atoms with Crippen LogP contribution in [-0.2, 0) is 16.4 Å². The van der Waals surface area contributed by atoms with Crippen molar-refractivity contribution in [3.05, 3.63) is 82.0 Å². The normalized spacial score (nSPS) is 17.7. The molecule has 156 valence electrons. The second-order valence-electron chi connectivity index (χ2n) is 7.27. The van der Waals surface area contributed by atoms with E-state index in [1.807, 2.05) is 18.2 Å². The molecule has 30 heavy (non-hydrogen) atoms. The molecule has 0 N–H and O–H groups in total. The number of hydrogen-bond acceptors (Lipinski definition) is 4. The quantitative estimate of drug-likeness (QED) is 0.528. The van der Waals surface area contributed by atoms with Crippen LogP contribution in [0.4, 0.5) is 0 Å². The number of hydrogen-bond donors (Lipinski definition) is 0. The zero-order valence-corrected chi connectivity index (χ0v) is 18.3. The zero-order valence-electron chi connectivity index (χ0n) is 15.9. The van der Waals surface area contributed by atoms with Crippen molar-refractivity contribution in [1.82, 2.24) is 4.90 Å². The number of amides is 1. The summed E-state index contributed by atoms with van der Waals surface area (Å²) >= 11 is 12.0. The van der Waals surface area contributed by atoms with Gasteiger partial charge in [-0.05, 0) is 61.0 Å². The molecule has 2 aromatic carbocycles. The maximum atomic E-state index is 13.2. The molecular weight excluding hydrogens is 445 g/mol. The molecular formula is C22H19Cl2NO4S. The van der Waals surface area contributed by atoms with Crippen LogP contribution in [0.15, 0.2) is 65.1 Å². The first-order valence-corrected chi connectivity index (χ1v) is 12.0. The van der Waals surface area contributed by atoms with Gasteiger partial charge < -0.3 is 9.32 Å². The van der Waals surface area contributed by atoms with Crippen LogP contribution in [0.1, 0.15) is 22.5 Å². The van der Waals surface area contributed by atoms with Gasteiger partial charge in [0.1, 0.15) is 11.5 Å². The Bertz CT molecular complexity index is 1170. The minimum Gasteiger partial charge on any atom is -0.459 e. The molecule has 1 aliphatic heterocycles. The van der Waals surface area contributed by atoms with Crippen molar-refractivity contribution in [3.8, 4) is 11.3 Å². The molecule has 0 bridgehead atoms. The molecule has 0 spiro atoms. The molecule has 0 unspecified atom stereocenters. The summed E-state index contributed by atoms with van der Waals surface area (Å²) in [4.78, 5) is 14.8. The first-order valence-electron chi connectivity index (χ1n) is 9.42. The van der Waals surface area contributed by atoms with Gasteiger partial charge >= 0.3 is 0 Å². The molecule has 4 rings (SSSR count). The second kappa shape index (κ2) is 8.46. The number of sulfone groups is 1. The van der Waals surface area contributed by atoms with E-state index in [9.17, 15) is 13.2 Å². The third kappa shape index (κ3) is 4.72. The largest absolute Gasteiger partial charge is 0.459 e. The Labute approximate surface area is 185 Å². The third-order valence-corrected chi connectivity index (χ3v) is 7.34. The summed E-state index contributed by atoms with van der Waals surface area (Å²) in [5.74, 6) is 0.967. The number of furan rings is 1. The van der Waals surface area contributed by atoms with E-state index in [4.69, 9.17) is 27.6 Å². The Morgan fingerprint density at radius 1 is 1.03 bits per heavy atom. The van der Waals surface area contributed by atoms with Crippen molar-refractivity contribution >= 4 is 38.9 Å². The number of benzene rings is 2. The fraction of sp³-hybridized carbons (Fsp3) is 0.227. The lowest BCUT2D eigenvalue weighted by molar-refractivity contribution is 0.0666. The molecule has 1 aliphatic rings. The highest BCUT2D eigenvalue weighted by Gasteiger charge is 2.35. The molecule has 1 fully saturated rings. The van der Waals surface area contributed by atoms with E-state index in [1.165, 1.54) is 0 Å². The predicted molar refractivity (Wildman–Crippen MR) is 118 cm³/mol. The smallest absolute Gasteiger partial charge is 0.254 e. The van der Waals surface area contributed by atoms with Gasteiger partial charge in [0.25, 0.3) is 5.91 Å². The van der Waals surface area contributed by atoms with Crippen LogP contribution in [-0.4, -0.2) is 36.8 Å². The monoisotopic (exact) mass is 463 g/mol. The van der Waals surface area contributed by atoms with Crippen LogP contribution in [0.2, 0.25) is 10.0 Å². The Morgan fingerprint density at radius 2 is 1.80 bits per heavy atom. The summed E-state index contributed by atoms with van der Waals surface area (Å²) in [7, 11) is -3.16. The van der Waals surface area contributed by atoms with Crippen LogP contribution < -0.4 is 0 Å². The topological polar surface area (TPSA) is 67.6 Å². The van der Waals surface area contributed by atoms with Crippen molar-refractivity contribution in [1.29, 1.82) is 0 Å². The number of nitrogens with zero attached hydrogens (tertiary/aromatic N) is 1. The molecule has 1 saturated heterocycles. The van der Waals surface area contributed by atoms with E-state index in [0.29, 0.717) is 33.6 Å². The molecule has 0 saturated carbocycles. The van der Waals surface area contributed by atoms with Gasteiger partial charge in [0.05, 0.1) is 18.1 Å². The second-order valence-corrected chi connectivity index (χ2v) is 10.4. The van der Waals surface area contributed by atoms with Crippen LogP contribution in [0.25, 0.3) is 11.3 Å². The Morgan fingerprint density at radius 3 is 2.47 bits per heavy atom. The minimum atomic E-state index is -3.16. The predicted octanol–water partition coefficient (Wildman–Crippen LogP) is 5.08. The van der Waals surface area contributed by atoms with Gasteiger partial charge in [0.15, 0.2) is 9.84 Å². The van der Waals surface area contributed by atoms with Crippen molar-refractivity contribution in [2.75, 3.05) is 11.5 Å². The number of rotatable bonds is 5. The van der Waals surface area contributed by atoms with Gasteiger partial charge in [-0.3, -0.25) is 4.79 Å². The van der Waals surface area contributed by atoms with Gasteiger partial charge in [-0.2, -0.15) is 0 Å². The van der Waals surface area contributed by atoms with Gasteiger partial charge in [0.2, 0.25) is 0 Å². The van der Waals surface area contributed by atoms with E-state index in [0.717, 1.165) is 5.56 Å². The van der Waals surface area contributed by atoms with Crippen LogP contribution >= 0.6 is 23.2 Å². The molecule has 0 aliphatic carbocycles. The van der Waals surface area contributed by atoms with E-state index in [-0.39, 0.29) is 24.0 Å². The van der Waals surface area contributed by atoms with Crippen LogP contribution in [0.5, 0.6) is 0 Å². The molecule has 1 amide bonds. The first-order chi connectivity index (χ1) is 14.3. The fourth-order valence-electron chi connectivity index (χ4n) is 3.58. The third-order valence-electron chi connectivity index (χ3n) is 5.10. The summed E-state index contributed by atoms with van der Waals surface area (Å²) in [5, 5.41) is 1.08. The van der Waals surface area contributed by atoms with Gasteiger partial charge in [-0.15, -0.1) is 0 Å². The highest BCUT2D eigenvalue weighted by atomic mass is 35.5. The molecule has 3 aromatic rings. The fourth-order valence-corrected chi connectivity index (χ4v) is 5.62. The summed E-state index contributed by atoms with van der Waals surface area (Å²) in [5.41, 5.74) is 1.28. The molecule has 5 nitrogen and oxygen atoms in total. The highest BCUT2D eigenvalue weighted by molar-refractivity contribution is 7.91. The van der Waals surface area contributed by atoms with Gasteiger partial charge in [-0.25, -0.2) is 8.42 Å². The Balaban J connectivity index is 1.62. The Hall–Kier alpha value is -2.28. The van der Waals surface area contributed by atoms with Crippen LogP contribution in [0.3, 0.4) is 0 Å². The Kier molecular flexibility index (Phi) is 5.91. The number of carbonyl (C=O) groups excluding carboxylic acids is 1. The molecule has 2 heterocycles. The summed E-state index contributed by atoms with van der Waals surface area (Å²) < 4.78 is 30.0. The lowest BCUT2D eigenvalue weighted by Gasteiger charge is -2.27. The van der Waals surface area contributed by atoms with E-state index < -0.39 is 15.9 Å². The van der Waals surface area contributed by atoms with Crippen molar-refractivity contribution < 1.29 is 17.6 Å². The average molecular weight is 464 g/mol. The van der Waals surface area contributed by atoms with E-state index in [1.54, 1.807) is 47.4 Å². The van der Waals surface area contributed by atoms with E-state index in [2.05, 4.69) is 0 Å². The molecule has 1 atom stereocenters.